The topological polar surface area (TPSA) is 129 Å². The maximum atomic E-state index is 13.4. The van der Waals surface area contributed by atoms with Gasteiger partial charge in [0.05, 0.1) is 18.2 Å². The van der Waals surface area contributed by atoms with Crippen molar-refractivity contribution >= 4 is 23.5 Å². The van der Waals surface area contributed by atoms with E-state index in [0.717, 1.165) is 36.5 Å². The quantitative estimate of drug-likeness (QED) is 0.513. The van der Waals surface area contributed by atoms with Gasteiger partial charge >= 0.3 is 5.97 Å². The molecule has 8 heteroatoms. The highest BCUT2D eigenvalue weighted by Crippen LogP contribution is 2.61. The Morgan fingerprint density at radius 1 is 1.19 bits per heavy atom. The predicted octanol–water partition coefficient (Wildman–Crippen LogP) is 3.70. The molecule has 2 aromatic carbocycles. The van der Waals surface area contributed by atoms with E-state index in [4.69, 9.17) is 9.84 Å². The predicted molar refractivity (Wildman–Crippen MR) is 132 cm³/mol. The highest BCUT2D eigenvalue weighted by Gasteiger charge is 2.61. The van der Waals surface area contributed by atoms with Crippen LogP contribution in [0.15, 0.2) is 48.6 Å². The molecule has 1 aliphatic heterocycles. The Hall–Kier alpha value is -4.12. The summed E-state index contributed by atoms with van der Waals surface area (Å²) in [5, 5.41) is 24.2. The van der Waals surface area contributed by atoms with Gasteiger partial charge in [0.15, 0.2) is 0 Å². The van der Waals surface area contributed by atoms with Gasteiger partial charge in [-0.3, -0.25) is 9.59 Å². The van der Waals surface area contributed by atoms with Crippen LogP contribution in [-0.2, 0) is 21.4 Å². The van der Waals surface area contributed by atoms with Crippen molar-refractivity contribution in [1.82, 2.24) is 5.32 Å². The third kappa shape index (κ3) is 4.57. The van der Waals surface area contributed by atoms with Crippen LogP contribution in [0, 0.1) is 17.2 Å². The van der Waals surface area contributed by atoms with Crippen molar-refractivity contribution in [3.05, 3.63) is 70.8 Å². The highest BCUT2D eigenvalue weighted by molar-refractivity contribution is 5.98. The minimum Gasteiger partial charge on any atom is -0.493 e. The second kappa shape index (κ2) is 9.50. The Labute approximate surface area is 209 Å². The first kappa shape index (κ1) is 23.6. The largest absolute Gasteiger partial charge is 0.493 e. The number of nitrogens with zero attached hydrogens (tertiary/aromatic N) is 1. The smallest absolute Gasteiger partial charge is 0.327 e. The molecule has 0 bridgehead atoms. The zero-order valence-electron chi connectivity index (χ0n) is 19.8. The molecule has 2 aliphatic carbocycles. The molecule has 0 unspecified atom stereocenters. The summed E-state index contributed by atoms with van der Waals surface area (Å²) in [4.78, 5) is 36.9. The van der Waals surface area contributed by atoms with Gasteiger partial charge in [-0.1, -0.05) is 12.1 Å². The van der Waals surface area contributed by atoms with Crippen LogP contribution < -0.4 is 15.4 Å². The molecule has 3 N–H and O–H groups in total. The summed E-state index contributed by atoms with van der Waals surface area (Å²) in [5.41, 5.74) is 2.70. The number of benzene rings is 2. The second-order valence-corrected chi connectivity index (χ2v) is 9.74. The van der Waals surface area contributed by atoms with Crippen LogP contribution in [0.2, 0.25) is 0 Å². The molecule has 1 heterocycles. The molecule has 2 saturated carbocycles. The molecule has 2 fully saturated rings. The molecule has 0 saturated heterocycles. The molecule has 36 heavy (non-hydrogen) atoms. The van der Waals surface area contributed by atoms with Crippen LogP contribution in [0.4, 0.5) is 5.69 Å². The monoisotopic (exact) mass is 485 g/mol. The number of hydrogen-bond donors (Lipinski definition) is 3. The molecule has 0 radical (unpaired) electrons. The Morgan fingerprint density at radius 2 is 2.03 bits per heavy atom. The van der Waals surface area contributed by atoms with E-state index in [9.17, 15) is 19.6 Å². The van der Waals surface area contributed by atoms with E-state index in [1.54, 1.807) is 24.3 Å². The maximum absolute atomic E-state index is 13.4. The van der Waals surface area contributed by atoms with E-state index in [-0.39, 0.29) is 29.2 Å². The highest BCUT2D eigenvalue weighted by atomic mass is 16.5. The normalized spacial score (nSPS) is 22.1. The zero-order chi connectivity index (χ0) is 25.3. The van der Waals surface area contributed by atoms with E-state index in [2.05, 4.69) is 16.7 Å². The number of nitrogens with one attached hydrogen (secondary N) is 2. The number of rotatable bonds is 7. The lowest BCUT2D eigenvalue weighted by molar-refractivity contribution is -0.131. The molecule has 2 aromatic rings. The summed E-state index contributed by atoms with van der Waals surface area (Å²) in [6.07, 6.45) is 7.34. The Balaban J connectivity index is 1.36. The van der Waals surface area contributed by atoms with Crippen molar-refractivity contribution in [2.24, 2.45) is 5.92 Å². The Bertz CT molecular complexity index is 1310. The minimum absolute atomic E-state index is 0.0998. The van der Waals surface area contributed by atoms with Gasteiger partial charge in [-0.2, -0.15) is 5.26 Å². The van der Waals surface area contributed by atoms with Crippen molar-refractivity contribution in [2.45, 2.75) is 50.0 Å². The molecular weight excluding hydrogens is 458 g/mol. The van der Waals surface area contributed by atoms with E-state index in [1.165, 1.54) is 6.08 Å². The van der Waals surface area contributed by atoms with Gasteiger partial charge in [-0.05, 0) is 74.4 Å². The van der Waals surface area contributed by atoms with Gasteiger partial charge in [0.1, 0.15) is 5.75 Å². The summed E-state index contributed by atoms with van der Waals surface area (Å²) in [6.45, 7) is 0.500. The standard InChI is InChI=1S/C28H27N3O5/c29-16-17-7-8-18(3-1-6-25(32)33)23(13-17)31-27(35)22-15-28(22)11-12-36-24-10-9-19(14-21(24)28)26(34)30-20-4-2-5-20/h1,6-10,13-14,20,22H,2-5,11-12,15H2,(H,30,34)(H,31,35)(H,32,33)/t22-,28-/m0/s1. The lowest BCUT2D eigenvalue weighted by atomic mass is 9.86. The molecule has 5 rings (SSSR count). The maximum Gasteiger partial charge on any atom is 0.327 e. The summed E-state index contributed by atoms with van der Waals surface area (Å²) < 4.78 is 5.85. The van der Waals surface area contributed by atoms with Crippen molar-refractivity contribution in [3.63, 3.8) is 0 Å². The van der Waals surface area contributed by atoms with Crippen LogP contribution in [0.5, 0.6) is 5.75 Å². The van der Waals surface area contributed by atoms with Crippen molar-refractivity contribution in [2.75, 3.05) is 11.9 Å². The molecular formula is C28H27N3O5. The number of carbonyl (C=O) groups is 3. The number of carboxylic acids is 1. The third-order valence-electron chi connectivity index (χ3n) is 7.51. The number of hydrogen-bond acceptors (Lipinski definition) is 5. The molecule has 2 atom stereocenters. The summed E-state index contributed by atoms with van der Waals surface area (Å²) in [6, 6.07) is 12.8. The van der Waals surface area contributed by atoms with Gasteiger partial charge in [-0.25, -0.2) is 4.79 Å². The fourth-order valence-corrected chi connectivity index (χ4v) is 5.16. The van der Waals surface area contributed by atoms with E-state index < -0.39 is 5.97 Å². The van der Waals surface area contributed by atoms with Crippen LogP contribution >= 0.6 is 0 Å². The lowest BCUT2D eigenvalue weighted by Crippen LogP contribution is -2.39. The van der Waals surface area contributed by atoms with Gasteiger partial charge < -0.3 is 20.5 Å². The molecule has 184 valence electrons. The first-order valence-electron chi connectivity index (χ1n) is 12.2. The van der Waals surface area contributed by atoms with Crippen LogP contribution in [0.3, 0.4) is 0 Å². The van der Waals surface area contributed by atoms with Crippen molar-refractivity contribution in [3.8, 4) is 11.8 Å². The minimum atomic E-state index is -1.05. The van der Waals surface area contributed by atoms with E-state index in [0.29, 0.717) is 48.4 Å². The fraction of sp³-hybridized carbons (Fsp3) is 0.357. The van der Waals surface area contributed by atoms with Gasteiger partial charge in [0.2, 0.25) is 5.91 Å². The van der Waals surface area contributed by atoms with Gasteiger partial charge in [0, 0.05) is 40.3 Å². The molecule has 0 aromatic heterocycles. The van der Waals surface area contributed by atoms with Gasteiger partial charge in [0.25, 0.3) is 5.91 Å². The number of carboxylic acid groups (broad SMARTS) is 1. The number of fused-ring (bicyclic) bond motifs is 2. The molecule has 1 spiro atoms. The lowest BCUT2D eigenvalue weighted by Gasteiger charge is -2.29. The summed E-state index contributed by atoms with van der Waals surface area (Å²) in [5.74, 6) is -0.892. The zero-order valence-corrected chi connectivity index (χ0v) is 19.8. The SMILES string of the molecule is N#Cc1ccc(CC=CC(=O)O)c(NC(=O)[C@@H]2C[C@]23CCOc2ccc(C(=O)NC4CCC4)cc23)c1. The number of aliphatic carboxylic acids is 1. The number of amides is 2. The van der Waals surface area contributed by atoms with Crippen LogP contribution in [0.25, 0.3) is 0 Å². The molecule has 8 nitrogen and oxygen atoms in total. The second-order valence-electron chi connectivity index (χ2n) is 9.74. The van der Waals surface area contributed by atoms with Crippen LogP contribution in [-0.4, -0.2) is 35.5 Å². The number of allylic oxidation sites excluding steroid dienone is 1. The van der Waals surface area contributed by atoms with Crippen LogP contribution in [0.1, 0.15) is 59.2 Å². The number of ether oxygens (including phenoxy) is 1. The Morgan fingerprint density at radius 3 is 2.75 bits per heavy atom. The first-order valence-corrected chi connectivity index (χ1v) is 12.2. The van der Waals surface area contributed by atoms with E-state index in [1.807, 2.05) is 12.1 Å². The summed E-state index contributed by atoms with van der Waals surface area (Å²) >= 11 is 0. The third-order valence-corrected chi connectivity index (χ3v) is 7.51. The Kier molecular flexibility index (Phi) is 6.23. The number of carbonyl (C=O) groups excluding carboxylic acids is 2. The number of nitriles is 1. The van der Waals surface area contributed by atoms with E-state index >= 15 is 0 Å². The molecule has 2 amide bonds. The summed E-state index contributed by atoms with van der Waals surface area (Å²) in [7, 11) is 0. The van der Waals surface area contributed by atoms with Crippen molar-refractivity contribution < 1.29 is 24.2 Å². The first-order chi connectivity index (χ1) is 17.4. The van der Waals surface area contributed by atoms with Gasteiger partial charge in [-0.15, -0.1) is 0 Å². The molecule has 3 aliphatic rings. The number of anilines is 1. The average Bonchev–Trinajstić information content (AvgIpc) is 3.56. The average molecular weight is 486 g/mol. The fourth-order valence-electron chi connectivity index (χ4n) is 5.16. The van der Waals surface area contributed by atoms with Crippen molar-refractivity contribution in [1.29, 1.82) is 5.26 Å².